The normalized spacial score (nSPS) is 15.0. The molecule has 1 aromatic carbocycles. The van der Waals surface area contributed by atoms with Gasteiger partial charge < -0.3 is 5.43 Å². The van der Waals surface area contributed by atoms with Gasteiger partial charge >= 0.3 is 0 Å². The van der Waals surface area contributed by atoms with E-state index in [4.69, 9.17) is 10.8 Å². The number of aromatic nitrogens is 1. The van der Waals surface area contributed by atoms with Gasteiger partial charge in [0.1, 0.15) is 0 Å². The average molecular weight is 241 g/mol. The van der Waals surface area contributed by atoms with E-state index in [1.807, 2.05) is 0 Å². The summed E-state index contributed by atoms with van der Waals surface area (Å²) in [6.07, 6.45) is 4.78. The second-order valence-electron chi connectivity index (χ2n) is 5.11. The highest BCUT2D eigenvalue weighted by molar-refractivity contribution is 5.91. The molecule has 1 aliphatic rings. The Hall–Kier alpha value is -1.61. The highest BCUT2D eigenvalue weighted by atomic mass is 15.2. The number of anilines is 1. The van der Waals surface area contributed by atoms with E-state index in [0.29, 0.717) is 5.92 Å². The number of pyridine rings is 1. The van der Waals surface area contributed by atoms with Crippen LogP contribution < -0.4 is 11.3 Å². The lowest BCUT2D eigenvalue weighted by molar-refractivity contribution is 0.923. The average Bonchev–Trinajstić information content (AvgIpc) is 3.22. The van der Waals surface area contributed by atoms with E-state index in [1.165, 1.54) is 24.1 Å². The molecule has 0 spiro atoms. The second kappa shape index (κ2) is 4.58. The van der Waals surface area contributed by atoms with Crippen molar-refractivity contribution in [3.8, 4) is 0 Å². The van der Waals surface area contributed by atoms with Crippen LogP contribution >= 0.6 is 0 Å². The molecule has 1 saturated carbocycles. The molecule has 2 aromatic rings. The fourth-order valence-corrected chi connectivity index (χ4v) is 2.45. The monoisotopic (exact) mass is 241 g/mol. The number of nitrogens with zero attached hydrogens (tertiary/aromatic N) is 1. The van der Waals surface area contributed by atoms with Crippen molar-refractivity contribution in [1.29, 1.82) is 0 Å². The van der Waals surface area contributed by atoms with Gasteiger partial charge in [-0.2, -0.15) is 0 Å². The van der Waals surface area contributed by atoms with Crippen LogP contribution in [0, 0.1) is 0 Å². The third-order valence-electron chi connectivity index (χ3n) is 3.58. The minimum Gasteiger partial charge on any atom is -0.323 e. The Balaban J connectivity index is 2.12. The van der Waals surface area contributed by atoms with Gasteiger partial charge in [-0.1, -0.05) is 19.4 Å². The maximum atomic E-state index is 5.65. The Kier molecular flexibility index (Phi) is 2.92. The molecule has 3 heteroatoms. The summed E-state index contributed by atoms with van der Waals surface area (Å²) in [5.41, 5.74) is 7.40. The topological polar surface area (TPSA) is 50.9 Å². The van der Waals surface area contributed by atoms with Crippen LogP contribution in [0.4, 0.5) is 5.69 Å². The molecule has 1 aliphatic carbocycles. The van der Waals surface area contributed by atoms with Crippen molar-refractivity contribution in [2.45, 2.75) is 38.5 Å². The highest BCUT2D eigenvalue weighted by Crippen LogP contribution is 2.41. The van der Waals surface area contributed by atoms with Gasteiger partial charge in [0.15, 0.2) is 0 Å². The zero-order valence-corrected chi connectivity index (χ0v) is 10.7. The molecule has 0 radical (unpaired) electrons. The minimum atomic E-state index is 0.650. The Bertz CT molecular complexity index is 573. The van der Waals surface area contributed by atoms with E-state index in [1.54, 1.807) is 0 Å². The predicted molar refractivity (Wildman–Crippen MR) is 75.5 cm³/mol. The van der Waals surface area contributed by atoms with Gasteiger partial charge in [-0.25, -0.2) is 0 Å². The highest BCUT2D eigenvalue weighted by Gasteiger charge is 2.25. The maximum absolute atomic E-state index is 5.65. The lowest BCUT2D eigenvalue weighted by Crippen LogP contribution is -2.08. The van der Waals surface area contributed by atoms with Gasteiger partial charge in [-0.15, -0.1) is 0 Å². The first kappa shape index (κ1) is 11.5. The molecule has 0 atom stereocenters. The Morgan fingerprint density at radius 3 is 2.83 bits per heavy atom. The fraction of sp³-hybridized carbons (Fsp3) is 0.400. The first-order chi connectivity index (χ1) is 8.81. The molecule has 1 aromatic heterocycles. The molecule has 0 aliphatic heterocycles. The zero-order valence-electron chi connectivity index (χ0n) is 10.7. The molecular formula is C15H19N3. The molecule has 1 fully saturated rings. The molecule has 0 amide bonds. The standard InChI is InChI=1S/C15H19N3/c1-2-3-10-4-7-13-12(8-10)15(18-16)9-14(17-13)11-5-6-11/h4,7-9,11H,2-3,5-6,16H2,1H3,(H,17,18). The van der Waals surface area contributed by atoms with E-state index in [-0.39, 0.29) is 0 Å². The van der Waals surface area contributed by atoms with Crippen molar-refractivity contribution in [1.82, 2.24) is 4.98 Å². The summed E-state index contributed by atoms with van der Waals surface area (Å²) in [6.45, 7) is 2.20. The Morgan fingerprint density at radius 1 is 1.33 bits per heavy atom. The second-order valence-corrected chi connectivity index (χ2v) is 5.11. The van der Waals surface area contributed by atoms with Gasteiger partial charge in [-0.05, 0) is 43.0 Å². The summed E-state index contributed by atoms with van der Waals surface area (Å²) < 4.78 is 0. The number of fused-ring (bicyclic) bond motifs is 1. The smallest absolute Gasteiger partial charge is 0.0726 e. The van der Waals surface area contributed by atoms with Gasteiger partial charge in [0.05, 0.1) is 11.2 Å². The van der Waals surface area contributed by atoms with E-state index in [0.717, 1.165) is 29.4 Å². The molecule has 18 heavy (non-hydrogen) atoms. The molecule has 3 rings (SSSR count). The van der Waals surface area contributed by atoms with Crippen molar-refractivity contribution in [3.63, 3.8) is 0 Å². The summed E-state index contributed by atoms with van der Waals surface area (Å²) in [4.78, 5) is 4.75. The van der Waals surface area contributed by atoms with Crippen LogP contribution in [0.3, 0.4) is 0 Å². The molecule has 1 heterocycles. The van der Waals surface area contributed by atoms with Crippen molar-refractivity contribution in [2.24, 2.45) is 5.84 Å². The number of benzene rings is 1. The van der Waals surface area contributed by atoms with Gasteiger partial charge in [0.25, 0.3) is 0 Å². The van der Waals surface area contributed by atoms with Crippen LogP contribution in [-0.4, -0.2) is 4.98 Å². The molecule has 0 bridgehead atoms. The first-order valence-electron chi connectivity index (χ1n) is 6.72. The fourth-order valence-electron chi connectivity index (χ4n) is 2.45. The summed E-state index contributed by atoms with van der Waals surface area (Å²) in [7, 11) is 0. The molecule has 3 nitrogen and oxygen atoms in total. The van der Waals surface area contributed by atoms with Crippen LogP contribution in [0.1, 0.15) is 43.4 Å². The summed E-state index contributed by atoms with van der Waals surface area (Å²) in [5, 5.41) is 1.13. The van der Waals surface area contributed by atoms with E-state index >= 15 is 0 Å². The third kappa shape index (κ3) is 2.06. The number of nitrogen functional groups attached to an aromatic ring is 1. The quantitative estimate of drug-likeness (QED) is 0.637. The van der Waals surface area contributed by atoms with E-state index in [9.17, 15) is 0 Å². The number of hydrogen-bond acceptors (Lipinski definition) is 3. The molecule has 0 saturated heterocycles. The molecule has 0 unspecified atom stereocenters. The number of nitrogens with two attached hydrogens (primary N) is 1. The van der Waals surface area contributed by atoms with Crippen LogP contribution in [0.5, 0.6) is 0 Å². The third-order valence-corrected chi connectivity index (χ3v) is 3.58. The lowest BCUT2D eigenvalue weighted by Gasteiger charge is -2.10. The number of hydrazine groups is 1. The molecule has 94 valence electrons. The Morgan fingerprint density at radius 2 is 2.17 bits per heavy atom. The maximum Gasteiger partial charge on any atom is 0.0726 e. The van der Waals surface area contributed by atoms with Crippen molar-refractivity contribution in [2.75, 3.05) is 5.43 Å². The van der Waals surface area contributed by atoms with Crippen molar-refractivity contribution >= 4 is 16.6 Å². The van der Waals surface area contributed by atoms with Crippen molar-refractivity contribution < 1.29 is 0 Å². The van der Waals surface area contributed by atoms with Crippen LogP contribution in [0.2, 0.25) is 0 Å². The molecular weight excluding hydrogens is 222 g/mol. The first-order valence-corrected chi connectivity index (χ1v) is 6.72. The summed E-state index contributed by atoms with van der Waals surface area (Å²) in [6, 6.07) is 8.61. The number of nitrogens with one attached hydrogen (secondary N) is 1. The zero-order chi connectivity index (χ0) is 12.5. The summed E-state index contributed by atoms with van der Waals surface area (Å²) >= 11 is 0. The van der Waals surface area contributed by atoms with Gasteiger partial charge in [0, 0.05) is 17.0 Å². The van der Waals surface area contributed by atoms with Gasteiger partial charge in [-0.3, -0.25) is 10.8 Å². The van der Waals surface area contributed by atoms with E-state index < -0.39 is 0 Å². The lowest BCUT2D eigenvalue weighted by atomic mass is 10.0. The van der Waals surface area contributed by atoms with Crippen LogP contribution in [-0.2, 0) is 6.42 Å². The number of rotatable bonds is 4. The van der Waals surface area contributed by atoms with Crippen LogP contribution in [0.15, 0.2) is 24.3 Å². The van der Waals surface area contributed by atoms with E-state index in [2.05, 4.69) is 36.6 Å². The molecule has 3 N–H and O–H groups in total. The predicted octanol–water partition coefficient (Wildman–Crippen LogP) is 3.35. The summed E-state index contributed by atoms with van der Waals surface area (Å²) in [5.74, 6) is 6.30. The van der Waals surface area contributed by atoms with Crippen LogP contribution in [0.25, 0.3) is 10.9 Å². The largest absolute Gasteiger partial charge is 0.323 e. The number of hydrogen-bond donors (Lipinski definition) is 2. The minimum absolute atomic E-state index is 0.650. The van der Waals surface area contributed by atoms with Gasteiger partial charge in [0.2, 0.25) is 0 Å². The SMILES string of the molecule is CCCc1ccc2nc(C3CC3)cc(NN)c2c1. The number of aryl methyl sites for hydroxylation is 1. The Labute approximate surface area is 107 Å². The van der Waals surface area contributed by atoms with Crippen molar-refractivity contribution in [3.05, 3.63) is 35.5 Å².